The highest BCUT2D eigenvalue weighted by Gasteiger charge is 2.18. The van der Waals surface area contributed by atoms with Gasteiger partial charge in [-0.2, -0.15) is 0 Å². The molecule has 0 aliphatic carbocycles. The van der Waals surface area contributed by atoms with Gasteiger partial charge in [-0.3, -0.25) is 4.79 Å². The van der Waals surface area contributed by atoms with Crippen LogP contribution in [0, 0.1) is 6.92 Å². The predicted octanol–water partition coefficient (Wildman–Crippen LogP) is 3.25. The molecule has 8 heteroatoms. The van der Waals surface area contributed by atoms with E-state index in [9.17, 15) is 9.59 Å². The second-order valence-electron chi connectivity index (χ2n) is 7.66. The van der Waals surface area contributed by atoms with Crippen LogP contribution in [0.25, 0.3) is 5.69 Å². The maximum absolute atomic E-state index is 12.2. The zero-order valence-corrected chi connectivity index (χ0v) is 17.5. The minimum absolute atomic E-state index is 0.00246. The van der Waals surface area contributed by atoms with Gasteiger partial charge in [0.1, 0.15) is 11.6 Å². The first-order valence-electron chi connectivity index (χ1n) is 10.4. The van der Waals surface area contributed by atoms with Crippen LogP contribution in [0.3, 0.4) is 0 Å². The number of carbonyl (C=O) groups excluding carboxylic acids is 2. The zero-order valence-electron chi connectivity index (χ0n) is 17.5. The molecule has 0 atom stereocenters. The van der Waals surface area contributed by atoms with E-state index in [-0.39, 0.29) is 11.9 Å². The molecule has 3 aromatic rings. The van der Waals surface area contributed by atoms with Crippen LogP contribution in [0.1, 0.15) is 46.8 Å². The van der Waals surface area contributed by atoms with Crippen LogP contribution >= 0.6 is 0 Å². The summed E-state index contributed by atoms with van der Waals surface area (Å²) in [5.74, 6) is 0.504. The fraction of sp³-hybridized carbons (Fsp3) is 0.304. The summed E-state index contributed by atoms with van der Waals surface area (Å²) in [6.45, 7) is 3.31. The largest absolute Gasteiger partial charge is 0.415 e. The average Bonchev–Trinajstić information content (AvgIpc) is 3.18. The number of hydrogen-bond acceptors (Lipinski definition) is 5. The minimum Gasteiger partial charge on any atom is -0.410 e. The number of rotatable bonds is 5. The zero-order chi connectivity index (χ0) is 21.8. The summed E-state index contributed by atoms with van der Waals surface area (Å²) in [6, 6.07) is 15.5. The molecule has 1 fully saturated rings. The summed E-state index contributed by atoms with van der Waals surface area (Å²) in [6.07, 6.45) is 3.71. The Morgan fingerprint density at radius 1 is 0.968 bits per heavy atom. The molecule has 8 nitrogen and oxygen atoms in total. The van der Waals surface area contributed by atoms with E-state index in [0.717, 1.165) is 49.2 Å². The Hall–Kier alpha value is -3.68. The molecule has 2 N–H and O–H groups in total. The molecule has 2 amide bonds. The second kappa shape index (κ2) is 8.99. The number of amides is 2. The van der Waals surface area contributed by atoms with Gasteiger partial charge in [0.15, 0.2) is 0 Å². The maximum atomic E-state index is 12.2. The Kier molecular flexibility index (Phi) is 5.97. The molecular weight excluding hydrogens is 394 g/mol. The molecule has 0 unspecified atom stereocenters. The third-order valence-electron chi connectivity index (χ3n) is 5.32. The Morgan fingerprint density at radius 2 is 1.58 bits per heavy atom. The molecule has 2 heterocycles. The predicted molar refractivity (Wildman–Crippen MR) is 115 cm³/mol. The average molecular weight is 419 g/mol. The van der Waals surface area contributed by atoms with Crippen molar-refractivity contribution in [3.8, 4) is 11.4 Å². The van der Waals surface area contributed by atoms with Crippen molar-refractivity contribution >= 4 is 12.0 Å². The minimum atomic E-state index is -0.650. The van der Waals surface area contributed by atoms with Gasteiger partial charge in [0.25, 0.3) is 5.91 Å². The lowest BCUT2D eigenvalue weighted by Gasteiger charge is -2.25. The molecular formula is C23H25N5O3. The molecule has 2 aromatic carbocycles. The fourth-order valence-corrected chi connectivity index (χ4v) is 3.65. The van der Waals surface area contributed by atoms with Gasteiger partial charge in [-0.05, 0) is 68.0 Å². The van der Waals surface area contributed by atoms with E-state index in [2.05, 4.69) is 10.1 Å². The van der Waals surface area contributed by atoms with E-state index in [1.54, 1.807) is 16.5 Å². The molecule has 0 spiro atoms. The summed E-state index contributed by atoms with van der Waals surface area (Å²) < 4.78 is 7.08. The SMILES string of the molecule is Cc1nc(C(N)=O)nn1-c1ccc(Cc2ccc(OC(=O)N3CCCCC3)cc2)cc1. The molecule has 1 aliphatic rings. The normalized spacial score (nSPS) is 13.8. The molecule has 0 bridgehead atoms. The molecule has 1 saturated heterocycles. The molecule has 160 valence electrons. The summed E-state index contributed by atoms with van der Waals surface area (Å²) in [5.41, 5.74) is 8.29. The van der Waals surface area contributed by atoms with Crippen molar-refractivity contribution in [1.29, 1.82) is 0 Å². The number of benzene rings is 2. The Bertz CT molecular complexity index is 1070. The lowest BCUT2D eigenvalue weighted by atomic mass is 10.0. The van der Waals surface area contributed by atoms with Crippen LogP contribution < -0.4 is 10.5 Å². The van der Waals surface area contributed by atoms with Crippen molar-refractivity contribution in [3.63, 3.8) is 0 Å². The van der Waals surface area contributed by atoms with Crippen LogP contribution in [-0.2, 0) is 6.42 Å². The third-order valence-corrected chi connectivity index (χ3v) is 5.32. The number of aromatic nitrogens is 3. The van der Waals surface area contributed by atoms with Crippen molar-refractivity contribution in [1.82, 2.24) is 19.7 Å². The summed E-state index contributed by atoms with van der Waals surface area (Å²) in [5, 5.41) is 4.15. The highest BCUT2D eigenvalue weighted by Crippen LogP contribution is 2.19. The monoisotopic (exact) mass is 419 g/mol. The van der Waals surface area contributed by atoms with Crippen LogP contribution in [0.15, 0.2) is 48.5 Å². The van der Waals surface area contributed by atoms with E-state index >= 15 is 0 Å². The molecule has 0 saturated carbocycles. The van der Waals surface area contributed by atoms with E-state index in [4.69, 9.17) is 10.5 Å². The van der Waals surface area contributed by atoms with Gasteiger partial charge in [-0.15, -0.1) is 5.10 Å². The molecule has 0 radical (unpaired) electrons. The van der Waals surface area contributed by atoms with E-state index < -0.39 is 5.91 Å². The van der Waals surface area contributed by atoms with Gasteiger partial charge in [-0.25, -0.2) is 14.5 Å². The van der Waals surface area contributed by atoms with E-state index in [0.29, 0.717) is 11.6 Å². The molecule has 4 rings (SSSR count). The van der Waals surface area contributed by atoms with Gasteiger partial charge in [0, 0.05) is 13.1 Å². The first kappa shape index (κ1) is 20.6. The third kappa shape index (κ3) is 4.91. The lowest BCUT2D eigenvalue weighted by molar-refractivity contribution is 0.0990. The Morgan fingerprint density at radius 3 is 2.16 bits per heavy atom. The highest BCUT2D eigenvalue weighted by atomic mass is 16.6. The van der Waals surface area contributed by atoms with Gasteiger partial charge in [0.05, 0.1) is 5.69 Å². The van der Waals surface area contributed by atoms with Crippen molar-refractivity contribution in [2.45, 2.75) is 32.6 Å². The van der Waals surface area contributed by atoms with Crippen molar-refractivity contribution in [2.75, 3.05) is 13.1 Å². The van der Waals surface area contributed by atoms with Gasteiger partial charge >= 0.3 is 6.09 Å². The molecule has 1 aromatic heterocycles. The number of piperidine rings is 1. The maximum Gasteiger partial charge on any atom is 0.415 e. The van der Waals surface area contributed by atoms with Crippen LogP contribution in [0.5, 0.6) is 5.75 Å². The number of nitrogens with two attached hydrogens (primary N) is 1. The van der Waals surface area contributed by atoms with Crippen LogP contribution in [-0.4, -0.2) is 44.8 Å². The first-order valence-corrected chi connectivity index (χ1v) is 10.4. The van der Waals surface area contributed by atoms with Crippen LogP contribution in [0.4, 0.5) is 4.79 Å². The second-order valence-corrected chi connectivity index (χ2v) is 7.66. The number of likely N-dealkylation sites (tertiary alicyclic amines) is 1. The summed E-state index contributed by atoms with van der Waals surface area (Å²) in [7, 11) is 0. The summed E-state index contributed by atoms with van der Waals surface area (Å²) >= 11 is 0. The quantitative estimate of drug-likeness (QED) is 0.684. The van der Waals surface area contributed by atoms with Gasteiger partial charge < -0.3 is 15.4 Å². The number of primary amides is 1. The van der Waals surface area contributed by atoms with Gasteiger partial charge in [0.2, 0.25) is 5.82 Å². The molecule has 31 heavy (non-hydrogen) atoms. The Labute approximate surface area is 180 Å². The van der Waals surface area contributed by atoms with E-state index in [1.165, 1.54) is 6.42 Å². The molecule has 1 aliphatic heterocycles. The number of ether oxygens (including phenoxy) is 1. The van der Waals surface area contributed by atoms with E-state index in [1.807, 2.05) is 48.5 Å². The van der Waals surface area contributed by atoms with Crippen molar-refractivity contribution in [3.05, 3.63) is 71.3 Å². The standard InChI is InChI=1S/C23H25N5O3/c1-16-25-22(21(24)29)26-28(16)19-9-5-17(6-10-19)15-18-7-11-20(12-8-18)31-23(30)27-13-3-2-4-14-27/h5-12H,2-4,13-15H2,1H3,(H2,24,29). The number of aryl methyl sites for hydroxylation is 1. The number of carbonyl (C=O) groups is 2. The van der Waals surface area contributed by atoms with Crippen molar-refractivity contribution in [2.24, 2.45) is 5.73 Å². The highest BCUT2D eigenvalue weighted by molar-refractivity contribution is 5.88. The van der Waals surface area contributed by atoms with Gasteiger partial charge in [-0.1, -0.05) is 24.3 Å². The van der Waals surface area contributed by atoms with Crippen molar-refractivity contribution < 1.29 is 14.3 Å². The smallest absolute Gasteiger partial charge is 0.410 e. The topological polar surface area (TPSA) is 103 Å². The Balaban J connectivity index is 1.38. The lowest BCUT2D eigenvalue weighted by Crippen LogP contribution is -2.37. The van der Waals surface area contributed by atoms with Crippen LogP contribution in [0.2, 0.25) is 0 Å². The fourth-order valence-electron chi connectivity index (χ4n) is 3.65. The first-order chi connectivity index (χ1) is 15.0. The number of nitrogens with zero attached hydrogens (tertiary/aromatic N) is 4. The summed E-state index contributed by atoms with van der Waals surface area (Å²) in [4.78, 5) is 29.3. The number of hydrogen-bond donors (Lipinski definition) is 1.